The van der Waals surface area contributed by atoms with Crippen LogP contribution in [0.15, 0.2) is 0 Å². The molecule has 0 aromatic rings. The van der Waals surface area contributed by atoms with Crippen molar-refractivity contribution in [1.29, 1.82) is 0 Å². The molecule has 0 aromatic carbocycles. The molecule has 0 aliphatic carbocycles. The molecule has 0 bridgehead atoms. The summed E-state index contributed by atoms with van der Waals surface area (Å²) in [6, 6.07) is 0. The molecule has 2 aliphatic rings. The number of hydrogen-bond acceptors (Lipinski definition) is 3. The van der Waals surface area contributed by atoms with Gasteiger partial charge in [0, 0.05) is 18.4 Å². The van der Waals surface area contributed by atoms with E-state index in [1.54, 1.807) is 0 Å². The summed E-state index contributed by atoms with van der Waals surface area (Å²) >= 11 is 0. The van der Waals surface area contributed by atoms with Gasteiger partial charge >= 0.3 is 5.97 Å². The van der Waals surface area contributed by atoms with Crippen molar-refractivity contribution in [2.24, 2.45) is 11.8 Å². The van der Waals surface area contributed by atoms with Crippen LogP contribution in [0.3, 0.4) is 0 Å². The summed E-state index contributed by atoms with van der Waals surface area (Å²) < 4.78 is 10.4. The highest BCUT2D eigenvalue weighted by atomic mass is 16.5. The zero-order valence-corrected chi connectivity index (χ0v) is 6.73. The van der Waals surface area contributed by atoms with Crippen LogP contribution in [-0.2, 0) is 14.3 Å². The normalized spacial score (nSPS) is 40.8. The van der Waals surface area contributed by atoms with E-state index in [0.29, 0.717) is 25.7 Å². The maximum absolute atomic E-state index is 10.7. The van der Waals surface area contributed by atoms with Crippen molar-refractivity contribution in [1.82, 2.24) is 0 Å². The zero-order valence-electron chi connectivity index (χ0n) is 6.73. The molecule has 2 rings (SSSR count). The van der Waals surface area contributed by atoms with Gasteiger partial charge in [0.2, 0.25) is 0 Å². The van der Waals surface area contributed by atoms with E-state index in [9.17, 15) is 4.79 Å². The van der Waals surface area contributed by atoms with Gasteiger partial charge in [-0.15, -0.1) is 0 Å². The lowest BCUT2D eigenvalue weighted by atomic mass is 9.87. The maximum atomic E-state index is 10.7. The van der Waals surface area contributed by atoms with Crippen LogP contribution >= 0.6 is 0 Å². The predicted molar refractivity (Wildman–Crippen MR) is 39.8 cm³/mol. The molecule has 0 radical (unpaired) electrons. The third-order valence-electron chi connectivity index (χ3n) is 2.66. The van der Waals surface area contributed by atoms with E-state index < -0.39 is 12.1 Å². The van der Waals surface area contributed by atoms with Crippen molar-refractivity contribution in [2.75, 3.05) is 19.8 Å². The van der Waals surface area contributed by atoms with Gasteiger partial charge in [0.25, 0.3) is 0 Å². The average Bonchev–Trinajstić information content (AvgIpc) is 2.47. The molecule has 2 heterocycles. The zero-order chi connectivity index (χ0) is 8.55. The minimum Gasteiger partial charge on any atom is -0.479 e. The molecule has 4 nitrogen and oxygen atoms in total. The first kappa shape index (κ1) is 8.01. The molecule has 0 saturated carbocycles. The summed E-state index contributed by atoms with van der Waals surface area (Å²) in [5.74, 6) is -0.347. The minimum absolute atomic E-state index is 0.177. The molecule has 0 spiro atoms. The van der Waals surface area contributed by atoms with Gasteiger partial charge in [0.15, 0.2) is 6.10 Å². The summed E-state index contributed by atoms with van der Waals surface area (Å²) in [7, 11) is 0. The summed E-state index contributed by atoms with van der Waals surface area (Å²) in [5.41, 5.74) is 0. The van der Waals surface area contributed by atoms with Crippen molar-refractivity contribution in [3.8, 4) is 0 Å². The molecule has 0 amide bonds. The molecule has 2 saturated heterocycles. The number of carboxylic acid groups (broad SMARTS) is 1. The Labute approximate surface area is 70.5 Å². The Morgan fingerprint density at radius 1 is 1.42 bits per heavy atom. The Morgan fingerprint density at radius 2 is 2.25 bits per heavy atom. The average molecular weight is 172 g/mol. The van der Waals surface area contributed by atoms with Gasteiger partial charge in [-0.1, -0.05) is 0 Å². The number of fused-ring (bicyclic) bond motifs is 1. The third-order valence-corrected chi connectivity index (χ3v) is 2.66. The molecule has 2 fully saturated rings. The number of rotatable bonds is 1. The molecule has 12 heavy (non-hydrogen) atoms. The summed E-state index contributed by atoms with van der Waals surface area (Å²) in [5, 5.41) is 8.79. The van der Waals surface area contributed by atoms with Crippen molar-refractivity contribution in [2.45, 2.75) is 12.5 Å². The van der Waals surface area contributed by atoms with Crippen molar-refractivity contribution in [3.63, 3.8) is 0 Å². The second-order valence-corrected chi connectivity index (χ2v) is 3.38. The van der Waals surface area contributed by atoms with Crippen LogP contribution in [-0.4, -0.2) is 37.0 Å². The fourth-order valence-electron chi connectivity index (χ4n) is 1.99. The lowest BCUT2D eigenvalue weighted by Gasteiger charge is -2.25. The summed E-state index contributed by atoms with van der Waals surface area (Å²) in [4.78, 5) is 10.7. The maximum Gasteiger partial charge on any atom is 0.333 e. The summed E-state index contributed by atoms with van der Waals surface area (Å²) in [6.07, 6.45) is 0.237. The van der Waals surface area contributed by atoms with Crippen LogP contribution in [0, 0.1) is 11.8 Å². The molecule has 1 N–H and O–H groups in total. The second kappa shape index (κ2) is 3.03. The van der Waals surface area contributed by atoms with Crippen LogP contribution in [0.1, 0.15) is 6.42 Å². The Kier molecular flexibility index (Phi) is 2.02. The topological polar surface area (TPSA) is 55.8 Å². The van der Waals surface area contributed by atoms with Crippen LogP contribution in [0.2, 0.25) is 0 Å². The first-order chi connectivity index (χ1) is 5.79. The van der Waals surface area contributed by atoms with Gasteiger partial charge in [-0.2, -0.15) is 0 Å². The number of carboxylic acids is 1. The van der Waals surface area contributed by atoms with Crippen molar-refractivity contribution < 1.29 is 19.4 Å². The molecule has 0 unspecified atom stereocenters. The monoisotopic (exact) mass is 172 g/mol. The fourth-order valence-corrected chi connectivity index (χ4v) is 1.99. The van der Waals surface area contributed by atoms with Gasteiger partial charge in [-0.3, -0.25) is 0 Å². The Balaban J connectivity index is 2.05. The SMILES string of the molecule is O=C(O)[C@@H]1OC[C@H]2COCC[C@H]21. The highest BCUT2D eigenvalue weighted by Crippen LogP contribution is 2.33. The first-order valence-electron chi connectivity index (χ1n) is 4.21. The van der Waals surface area contributed by atoms with E-state index in [-0.39, 0.29) is 5.92 Å². The lowest BCUT2D eigenvalue weighted by Crippen LogP contribution is -2.34. The smallest absolute Gasteiger partial charge is 0.333 e. The van der Waals surface area contributed by atoms with E-state index in [1.165, 1.54) is 0 Å². The van der Waals surface area contributed by atoms with E-state index in [4.69, 9.17) is 14.6 Å². The molecule has 0 aromatic heterocycles. The van der Waals surface area contributed by atoms with E-state index >= 15 is 0 Å². The van der Waals surface area contributed by atoms with Crippen molar-refractivity contribution >= 4 is 5.97 Å². The molecule has 68 valence electrons. The second-order valence-electron chi connectivity index (χ2n) is 3.38. The first-order valence-corrected chi connectivity index (χ1v) is 4.21. The van der Waals surface area contributed by atoms with Gasteiger partial charge in [-0.05, 0) is 6.42 Å². The Hall–Kier alpha value is -0.610. The van der Waals surface area contributed by atoms with Crippen molar-refractivity contribution in [3.05, 3.63) is 0 Å². The predicted octanol–water partition coefficient (Wildman–Crippen LogP) is 0.122. The number of carbonyl (C=O) groups is 1. The van der Waals surface area contributed by atoms with Gasteiger partial charge in [-0.25, -0.2) is 4.79 Å². The Bertz CT molecular complexity index is 191. The Morgan fingerprint density at radius 3 is 3.00 bits per heavy atom. The quantitative estimate of drug-likeness (QED) is 0.610. The molecular formula is C8H12O4. The minimum atomic E-state index is -0.829. The van der Waals surface area contributed by atoms with Crippen LogP contribution < -0.4 is 0 Å². The number of aliphatic carboxylic acids is 1. The largest absolute Gasteiger partial charge is 0.479 e. The molecule has 4 heteroatoms. The molecular weight excluding hydrogens is 160 g/mol. The molecule has 2 aliphatic heterocycles. The standard InChI is InChI=1S/C8H12O4/c9-8(10)7-6-1-2-11-3-5(6)4-12-7/h5-7H,1-4H2,(H,9,10)/t5-,6-,7-/m1/s1. The van der Waals surface area contributed by atoms with Crippen LogP contribution in [0.4, 0.5) is 0 Å². The fraction of sp³-hybridized carbons (Fsp3) is 0.875. The third kappa shape index (κ3) is 1.21. The lowest BCUT2D eigenvalue weighted by molar-refractivity contribution is -0.149. The van der Waals surface area contributed by atoms with Gasteiger partial charge < -0.3 is 14.6 Å². The molecule has 3 atom stereocenters. The number of hydrogen-bond donors (Lipinski definition) is 1. The van der Waals surface area contributed by atoms with Gasteiger partial charge in [0.05, 0.1) is 13.2 Å². The van der Waals surface area contributed by atoms with E-state index in [2.05, 4.69) is 0 Å². The number of ether oxygens (including phenoxy) is 2. The highest BCUT2D eigenvalue weighted by Gasteiger charge is 2.42. The summed E-state index contributed by atoms with van der Waals surface area (Å²) in [6.45, 7) is 1.88. The van der Waals surface area contributed by atoms with Crippen LogP contribution in [0.25, 0.3) is 0 Å². The van der Waals surface area contributed by atoms with Crippen LogP contribution in [0.5, 0.6) is 0 Å². The van der Waals surface area contributed by atoms with E-state index in [1.807, 2.05) is 0 Å². The van der Waals surface area contributed by atoms with E-state index in [0.717, 1.165) is 6.42 Å². The van der Waals surface area contributed by atoms with Gasteiger partial charge in [0.1, 0.15) is 0 Å². The highest BCUT2D eigenvalue weighted by molar-refractivity contribution is 5.73.